The minimum absolute atomic E-state index is 0.180. The molecule has 3 unspecified atom stereocenters. The lowest BCUT2D eigenvalue weighted by Crippen LogP contribution is -2.64. The molecule has 64 heavy (non-hydrogen) atoms. The Morgan fingerprint density at radius 2 is 1.66 bits per heavy atom. The first kappa shape index (κ1) is 50.1. The Morgan fingerprint density at radius 3 is 2.30 bits per heavy atom. The molecule has 1 aliphatic heterocycles. The fourth-order valence-corrected chi connectivity index (χ4v) is 7.53. The zero-order valence-corrected chi connectivity index (χ0v) is 33.8. The van der Waals surface area contributed by atoms with E-state index in [-0.39, 0.29) is 45.6 Å². The third-order valence-corrected chi connectivity index (χ3v) is 11.1. The number of hydrogen-bond acceptors (Lipinski definition) is 15. The molecule has 6 atom stereocenters. The molecule has 0 radical (unpaired) electrons. The topological polar surface area (TPSA) is 251 Å². The minimum atomic E-state index is -5.01. The normalized spacial score (nSPS) is 21.7. The lowest BCUT2D eigenvalue weighted by atomic mass is 9.87. The van der Waals surface area contributed by atoms with Crippen molar-refractivity contribution in [1.82, 2.24) is 25.3 Å². The average molecular weight is 927 g/mol. The monoisotopic (exact) mass is 926 g/mol. The Bertz CT molecular complexity index is 2100. The van der Waals surface area contributed by atoms with Crippen LogP contribution in [0.25, 0.3) is 11.3 Å². The predicted molar refractivity (Wildman–Crippen MR) is 204 cm³/mol. The molecule has 1 spiro atoms. The number of carbonyl (C=O) groups excluding carboxylic acids is 2. The predicted octanol–water partition coefficient (Wildman–Crippen LogP) is 2.37. The number of allylic oxidation sites excluding steroid dienone is 2. The van der Waals surface area contributed by atoms with Crippen LogP contribution in [0.2, 0.25) is 0 Å². The molecule has 2 heterocycles. The zero-order chi connectivity index (χ0) is 47.3. The van der Waals surface area contributed by atoms with Gasteiger partial charge in [0.1, 0.15) is 54.1 Å². The van der Waals surface area contributed by atoms with Crippen molar-refractivity contribution in [2.75, 3.05) is 51.9 Å². The summed E-state index contributed by atoms with van der Waals surface area (Å²) in [5.41, 5.74) is -6.57. The highest BCUT2D eigenvalue weighted by molar-refractivity contribution is 6.07. The van der Waals surface area contributed by atoms with Crippen molar-refractivity contribution in [1.29, 1.82) is 0 Å². The number of amides is 2. The summed E-state index contributed by atoms with van der Waals surface area (Å²) < 4.78 is 124. The first-order chi connectivity index (χ1) is 30.0. The average Bonchev–Trinajstić information content (AvgIpc) is 3.76. The third kappa shape index (κ3) is 11.0. The fraction of sp³-hybridized carbons (Fsp3) is 0.538. The Kier molecular flexibility index (Phi) is 16.1. The van der Waals surface area contributed by atoms with Gasteiger partial charge in [-0.2, -0.15) is 26.3 Å². The van der Waals surface area contributed by atoms with Gasteiger partial charge in [-0.05, 0) is 49.6 Å². The first-order valence-electron chi connectivity index (χ1n) is 19.6. The van der Waals surface area contributed by atoms with Gasteiger partial charge in [0.25, 0.3) is 11.8 Å². The van der Waals surface area contributed by atoms with E-state index >= 15 is 8.78 Å². The van der Waals surface area contributed by atoms with Crippen molar-refractivity contribution in [3.63, 3.8) is 0 Å². The number of nitrogens with one attached hydrogen (secondary N) is 2. The summed E-state index contributed by atoms with van der Waals surface area (Å²) in [6.45, 7) is -2.33. The van der Waals surface area contributed by atoms with Gasteiger partial charge in [0, 0.05) is 31.6 Å². The van der Waals surface area contributed by atoms with Crippen LogP contribution in [0.1, 0.15) is 43.4 Å². The molecule has 2 aromatic rings. The minimum Gasteiger partial charge on any atom is -0.510 e. The van der Waals surface area contributed by atoms with Gasteiger partial charge in [-0.1, -0.05) is 12.8 Å². The summed E-state index contributed by atoms with van der Waals surface area (Å²) in [4.78, 5) is 32.8. The Hall–Kier alpha value is -4.86. The van der Waals surface area contributed by atoms with E-state index in [0.29, 0.717) is 37.4 Å². The van der Waals surface area contributed by atoms with Crippen molar-refractivity contribution in [3.8, 4) is 11.3 Å². The maximum Gasteiger partial charge on any atom is 0.433 e. The van der Waals surface area contributed by atoms with Crippen molar-refractivity contribution >= 4 is 17.5 Å². The number of anilines is 1. The number of likely N-dealkylation sites (N-methyl/N-ethyl adjacent to an activating group) is 1. The van der Waals surface area contributed by atoms with Crippen LogP contribution in [0.3, 0.4) is 0 Å². The Balaban J connectivity index is 1.25. The standard InChI is InChI=1S/C39H46F8N6O11/c1-52-37(8-2-3-9-37)33(59)27(34(60)51-22-6-5-20(38(42,43)44)14-21(22)23-15-26(39(45,46)47)50-18-49-23)36(62)53(52)16-19-4-7-25(29(41)28(19)40)64-13-12-63-11-10-48-35(61)32(58)31(57)30(56)24(55)17-54/h5-7,14-15,18-19,24,30-32,36,54-59,62H,2-4,8-13,16-17H2,1H3,(H,48,61)(H,51,60)/t19?,24?,30-,31+,32-,36?/m0/s1. The van der Waals surface area contributed by atoms with Gasteiger partial charge in [-0.25, -0.2) is 28.8 Å². The van der Waals surface area contributed by atoms with Gasteiger partial charge in [0.15, 0.2) is 23.9 Å². The molecule has 0 saturated heterocycles. The van der Waals surface area contributed by atoms with Gasteiger partial charge in [0.2, 0.25) is 0 Å². The van der Waals surface area contributed by atoms with Gasteiger partial charge >= 0.3 is 12.4 Å². The molecule has 1 aromatic carbocycles. The third-order valence-electron chi connectivity index (χ3n) is 11.1. The summed E-state index contributed by atoms with van der Waals surface area (Å²) in [6.07, 6.45) is -17.2. The maximum atomic E-state index is 15.7. The molecule has 1 aromatic heterocycles. The second-order valence-electron chi connectivity index (χ2n) is 15.1. The molecular formula is C39H46F8N6O11. The van der Waals surface area contributed by atoms with Crippen LogP contribution >= 0.6 is 0 Å². The lowest BCUT2D eigenvalue weighted by Gasteiger charge is -2.51. The highest BCUT2D eigenvalue weighted by atomic mass is 19.4. The molecule has 354 valence electrons. The number of aliphatic hydroxyl groups is 7. The number of rotatable bonds is 17. The fourth-order valence-electron chi connectivity index (χ4n) is 7.53. The molecule has 1 fully saturated rings. The molecule has 2 aliphatic carbocycles. The van der Waals surface area contributed by atoms with Crippen molar-refractivity contribution in [2.45, 2.75) is 80.6 Å². The van der Waals surface area contributed by atoms with E-state index in [1.165, 1.54) is 18.1 Å². The van der Waals surface area contributed by atoms with E-state index < -0.39 is 136 Å². The number of hydrogen-bond donors (Lipinski definition) is 9. The van der Waals surface area contributed by atoms with Crippen LogP contribution < -0.4 is 10.6 Å². The molecule has 17 nitrogen and oxygen atoms in total. The van der Waals surface area contributed by atoms with Crippen molar-refractivity contribution in [2.24, 2.45) is 5.92 Å². The van der Waals surface area contributed by atoms with E-state index in [0.717, 1.165) is 11.1 Å². The molecular weight excluding hydrogens is 880 g/mol. The first-order valence-corrected chi connectivity index (χ1v) is 19.6. The molecule has 9 N–H and O–H groups in total. The highest BCUT2D eigenvalue weighted by Crippen LogP contribution is 2.47. The van der Waals surface area contributed by atoms with Gasteiger partial charge in [0.05, 0.1) is 42.3 Å². The maximum absolute atomic E-state index is 15.7. The Labute approximate surface area is 358 Å². The van der Waals surface area contributed by atoms with Crippen LogP contribution in [0.4, 0.5) is 40.8 Å². The summed E-state index contributed by atoms with van der Waals surface area (Å²) in [6, 6.07) is 2.16. The molecule has 3 aliphatic rings. The van der Waals surface area contributed by atoms with Crippen LogP contribution in [-0.4, -0.2) is 150 Å². The van der Waals surface area contributed by atoms with E-state index in [1.807, 2.05) is 0 Å². The SMILES string of the molecule is CN1N(CC2CC=C(OCCOCCNC(=O)[C@@H](O)[C@H](O)[C@@H](O)C(O)CO)C(F)=C2F)C(O)C(C(=O)Nc2ccc(C(F)(F)F)cc2-c2cc(C(F)(F)F)ncn2)=C(O)C12CCCC2. The molecule has 5 rings (SSSR count). The van der Waals surface area contributed by atoms with Crippen molar-refractivity contribution in [3.05, 3.63) is 76.7 Å². The van der Waals surface area contributed by atoms with Gasteiger partial charge < -0.3 is 55.9 Å². The quantitative estimate of drug-likeness (QED) is 0.0817. The van der Waals surface area contributed by atoms with Gasteiger partial charge in [-0.15, -0.1) is 0 Å². The Morgan fingerprint density at radius 1 is 0.969 bits per heavy atom. The largest absolute Gasteiger partial charge is 0.510 e. The number of carbonyl (C=O) groups is 2. The second kappa shape index (κ2) is 20.5. The van der Waals surface area contributed by atoms with Crippen LogP contribution in [0.5, 0.6) is 0 Å². The lowest BCUT2D eigenvalue weighted by molar-refractivity contribution is -0.183. The van der Waals surface area contributed by atoms with Crippen LogP contribution in [-0.2, 0) is 31.4 Å². The van der Waals surface area contributed by atoms with E-state index in [4.69, 9.17) is 14.6 Å². The summed E-state index contributed by atoms with van der Waals surface area (Å²) in [7, 11) is 1.46. The van der Waals surface area contributed by atoms with Crippen molar-refractivity contribution < 1.29 is 89.9 Å². The van der Waals surface area contributed by atoms with Gasteiger partial charge in [-0.3, -0.25) is 9.59 Å². The smallest absolute Gasteiger partial charge is 0.433 e. The molecule has 0 bridgehead atoms. The molecule has 2 amide bonds. The van der Waals surface area contributed by atoms with E-state index in [1.54, 1.807) is 0 Å². The van der Waals surface area contributed by atoms with Crippen LogP contribution in [0.15, 0.2) is 65.4 Å². The zero-order valence-electron chi connectivity index (χ0n) is 33.8. The number of ether oxygens (including phenoxy) is 2. The van der Waals surface area contributed by atoms with Crippen LogP contribution in [0, 0.1) is 5.92 Å². The number of aromatic nitrogens is 2. The second-order valence-corrected chi connectivity index (χ2v) is 15.1. The molecule has 1 saturated carbocycles. The number of aliphatic hydroxyl groups excluding tert-OH is 7. The summed E-state index contributed by atoms with van der Waals surface area (Å²) in [5, 5.41) is 77.8. The summed E-state index contributed by atoms with van der Waals surface area (Å²) >= 11 is 0. The number of alkyl halides is 6. The summed E-state index contributed by atoms with van der Waals surface area (Å²) in [5.74, 6) is -7.46. The number of hydrazine groups is 1. The highest BCUT2D eigenvalue weighted by Gasteiger charge is 2.53. The van der Waals surface area contributed by atoms with E-state index in [9.17, 15) is 66.6 Å². The molecule has 25 heteroatoms. The number of benzene rings is 1. The number of nitrogens with zero attached hydrogens (tertiary/aromatic N) is 4. The van der Waals surface area contributed by atoms with E-state index in [2.05, 4.69) is 20.6 Å². The number of halogens is 8.